The van der Waals surface area contributed by atoms with Crippen LogP contribution < -0.4 is 10.6 Å². The van der Waals surface area contributed by atoms with E-state index in [1.54, 1.807) is 12.1 Å². The lowest BCUT2D eigenvalue weighted by molar-refractivity contribution is -0.118. The number of nitrogens with zero attached hydrogens (tertiary/aromatic N) is 2. The van der Waals surface area contributed by atoms with Crippen molar-refractivity contribution in [3.8, 4) is 0 Å². The minimum Gasteiger partial charge on any atom is -0.322 e. The highest BCUT2D eigenvalue weighted by atomic mass is 35.5. The number of hydrogen-bond donors (Lipinski definition) is 2. The van der Waals surface area contributed by atoms with Crippen molar-refractivity contribution in [1.82, 2.24) is 9.97 Å². The maximum Gasteiger partial charge on any atom is 0.261 e. The second-order valence-corrected chi connectivity index (χ2v) is 7.80. The van der Waals surface area contributed by atoms with Crippen LogP contribution >= 0.6 is 23.2 Å². The molecule has 0 aliphatic heterocycles. The molecule has 2 aromatic heterocycles. The normalized spacial score (nSPS) is 10.5. The van der Waals surface area contributed by atoms with E-state index in [-0.39, 0.29) is 15.9 Å². The molecule has 0 fully saturated rings. The molecule has 31 heavy (non-hydrogen) atoms. The SMILES string of the molecule is CC(C)c1ccc(C=C(C(=O)Nc2ccnc(Cl)c2)C(=O)Nc2ccnc(Cl)c2)cc1. The lowest BCUT2D eigenvalue weighted by atomic mass is 10.0. The molecule has 0 spiro atoms. The number of halogens is 2. The van der Waals surface area contributed by atoms with Crippen molar-refractivity contribution in [3.05, 3.63) is 87.9 Å². The van der Waals surface area contributed by atoms with E-state index in [1.807, 2.05) is 24.3 Å². The van der Waals surface area contributed by atoms with Crippen molar-refractivity contribution in [2.45, 2.75) is 19.8 Å². The summed E-state index contributed by atoms with van der Waals surface area (Å²) in [5, 5.41) is 5.81. The van der Waals surface area contributed by atoms with Gasteiger partial charge in [-0.1, -0.05) is 61.3 Å². The topological polar surface area (TPSA) is 84.0 Å². The molecule has 6 nitrogen and oxygen atoms in total. The van der Waals surface area contributed by atoms with Gasteiger partial charge in [0.15, 0.2) is 0 Å². The van der Waals surface area contributed by atoms with Crippen LogP contribution in [0.2, 0.25) is 10.3 Å². The monoisotopic (exact) mass is 454 g/mol. The summed E-state index contributed by atoms with van der Waals surface area (Å²) in [6.07, 6.45) is 4.45. The summed E-state index contributed by atoms with van der Waals surface area (Å²) in [5.41, 5.74) is 2.63. The van der Waals surface area contributed by atoms with Crippen molar-refractivity contribution in [3.63, 3.8) is 0 Å². The summed E-state index contributed by atoms with van der Waals surface area (Å²) in [7, 11) is 0. The summed E-state index contributed by atoms with van der Waals surface area (Å²) >= 11 is 11.8. The molecule has 0 saturated heterocycles. The Balaban J connectivity index is 1.91. The summed E-state index contributed by atoms with van der Waals surface area (Å²) in [6, 6.07) is 13.8. The minimum absolute atomic E-state index is 0.0850. The molecule has 0 radical (unpaired) electrons. The number of benzene rings is 1. The second-order valence-electron chi connectivity index (χ2n) is 7.02. The minimum atomic E-state index is -0.590. The van der Waals surface area contributed by atoms with Crippen molar-refractivity contribution in [2.75, 3.05) is 10.6 Å². The average Bonchev–Trinajstić information content (AvgIpc) is 2.72. The highest BCUT2D eigenvalue weighted by Crippen LogP contribution is 2.19. The lowest BCUT2D eigenvalue weighted by Crippen LogP contribution is -2.25. The Labute approximate surface area is 190 Å². The summed E-state index contributed by atoms with van der Waals surface area (Å²) in [4.78, 5) is 33.7. The highest BCUT2D eigenvalue weighted by Gasteiger charge is 2.19. The number of amides is 2. The van der Waals surface area contributed by atoms with E-state index in [0.29, 0.717) is 22.9 Å². The zero-order valence-corrected chi connectivity index (χ0v) is 18.4. The van der Waals surface area contributed by atoms with Gasteiger partial charge in [0.1, 0.15) is 15.9 Å². The van der Waals surface area contributed by atoms with E-state index in [9.17, 15) is 9.59 Å². The predicted octanol–water partition coefficient (Wildman–Crippen LogP) is 5.57. The van der Waals surface area contributed by atoms with Gasteiger partial charge in [-0.2, -0.15) is 0 Å². The van der Waals surface area contributed by atoms with Crippen molar-refractivity contribution < 1.29 is 9.59 Å². The van der Waals surface area contributed by atoms with Gasteiger partial charge in [0, 0.05) is 23.8 Å². The van der Waals surface area contributed by atoms with Crippen LogP contribution in [-0.2, 0) is 9.59 Å². The molecule has 158 valence electrons. The molecular weight excluding hydrogens is 435 g/mol. The molecule has 2 amide bonds. The number of nitrogens with one attached hydrogen (secondary N) is 2. The Morgan fingerprint density at radius 1 is 0.839 bits per heavy atom. The van der Waals surface area contributed by atoms with Crippen LogP contribution in [0.15, 0.2) is 66.5 Å². The molecule has 2 N–H and O–H groups in total. The molecule has 3 aromatic rings. The van der Waals surface area contributed by atoms with Crippen molar-refractivity contribution in [1.29, 1.82) is 0 Å². The van der Waals surface area contributed by atoms with Gasteiger partial charge in [-0.15, -0.1) is 0 Å². The Hall–Kier alpha value is -3.22. The molecule has 2 heterocycles. The number of aromatic nitrogens is 2. The smallest absolute Gasteiger partial charge is 0.261 e. The van der Waals surface area contributed by atoms with Gasteiger partial charge in [0.25, 0.3) is 11.8 Å². The fraction of sp³-hybridized carbons (Fsp3) is 0.130. The first-order valence-electron chi connectivity index (χ1n) is 9.49. The molecule has 0 saturated carbocycles. The quantitative estimate of drug-likeness (QED) is 0.220. The Morgan fingerprint density at radius 3 is 1.74 bits per heavy atom. The van der Waals surface area contributed by atoms with Crippen LogP contribution in [0.4, 0.5) is 11.4 Å². The molecule has 0 bridgehead atoms. The fourth-order valence-corrected chi connectivity index (χ4v) is 3.08. The third-order valence-electron chi connectivity index (χ3n) is 4.37. The zero-order chi connectivity index (χ0) is 22.4. The number of rotatable bonds is 6. The van der Waals surface area contributed by atoms with Crippen molar-refractivity contribution in [2.24, 2.45) is 0 Å². The third kappa shape index (κ3) is 6.38. The maximum atomic E-state index is 13.0. The second kappa shape index (κ2) is 10.2. The molecule has 0 aliphatic rings. The average molecular weight is 455 g/mol. The Kier molecular flexibility index (Phi) is 7.39. The lowest BCUT2D eigenvalue weighted by Gasteiger charge is -2.11. The number of carbonyl (C=O) groups is 2. The first-order valence-corrected chi connectivity index (χ1v) is 10.2. The van der Waals surface area contributed by atoms with Crippen LogP contribution in [0.25, 0.3) is 6.08 Å². The van der Waals surface area contributed by atoms with Crippen LogP contribution in [0.5, 0.6) is 0 Å². The molecule has 0 unspecified atom stereocenters. The molecular formula is C23H20Cl2N4O2. The van der Waals surface area contributed by atoms with Crippen LogP contribution in [0.3, 0.4) is 0 Å². The number of anilines is 2. The van der Waals surface area contributed by atoms with E-state index in [1.165, 1.54) is 30.6 Å². The van der Waals surface area contributed by atoms with E-state index < -0.39 is 11.8 Å². The molecule has 0 atom stereocenters. The zero-order valence-electron chi connectivity index (χ0n) is 16.9. The fourth-order valence-electron chi connectivity index (χ4n) is 2.74. The van der Waals surface area contributed by atoms with Crippen LogP contribution in [0.1, 0.15) is 30.9 Å². The largest absolute Gasteiger partial charge is 0.322 e. The van der Waals surface area contributed by atoms with Crippen LogP contribution in [0, 0.1) is 0 Å². The highest BCUT2D eigenvalue weighted by molar-refractivity contribution is 6.31. The van der Waals surface area contributed by atoms with E-state index in [4.69, 9.17) is 23.2 Å². The van der Waals surface area contributed by atoms with Gasteiger partial charge < -0.3 is 10.6 Å². The van der Waals surface area contributed by atoms with E-state index in [2.05, 4.69) is 34.4 Å². The van der Waals surface area contributed by atoms with Gasteiger partial charge >= 0.3 is 0 Å². The first-order chi connectivity index (χ1) is 14.8. The Bertz CT molecular complexity index is 1070. The summed E-state index contributed by atoms with van der Waals surface area (Å²) in [6.45, 7) is 4.19. The van der Waals surface area contributed by atoms with Gasteiger partial charge in [-0.05, 0) is 47.4 Å². The summed E-state index contributed by atoms with van der Waals surface area (Å²) in [5.74, 6) is -0.808. The van der Waals surface area contributed by atoms with Gasteiger partial charge in [-0.3, -0.25) is 9.59 Å². The molecule has 3 rings (SSSR count). The third-order valence-corrected chi connectivity index (χ3v) is 4.79. The van der Waals surface area contributed by atoms with E-state index in [0.717, 1.165) is 5.56 Å². The summed E-state index contributed by atoms with van der Waals surface area (Å²) < 4.78 is 0. The van der Waals surface area contributed by atoms with E-state index >= 15 is 0 Å². The Morgan fingerprint density at radius 2 is 1.32 bits per heavy atom. The van der Waals surface area contributed by atoms with Crippen LogP contribution in [-0.4, -0.2) is 21.8 Å². The number of carbonyl (C=O) groups excluding carboxylic acids is 2. The molecule has 1 aromatic carbocycles. The van der Waals surface area contributed by atoms with Crippen molar-refractivity contribution >= 4 is 52.5 Å². The predicted molar refractivity (Wildman–Crippen MR) is 124 cm³/mol. The standard InChI is InChI=1S/C23H20Cl2N4O2/c1-14(2)16-5-3-15(4-6-16)11-19(22(30)28-17-7-9-26-20(24)12-17)23(31)29-18-8-10-27-21(25)13-18/h3-14H,1-2H3,(H,26,28,30)(H,27,29,31). The molecule has 0 aliphatic carbocycles. The number of hydrogen-bond acceptors (Lipinski definition) is 4. The van der Waals surface area contributed by atoms with Gasteiger partial charge in [-0.25, -0.2) is 9.97 Å². The van der Waals surface area contributed by atoms with Gasteiger partial charge in [0.05, 0.1) is 0 Å². The van der Waals surface area contributed by atoms with Gasteiger partial charge in [0.2, 0.25) is 0 Å². The first kappa shape index (κ1) is 22.5. The molecule has 8 heteroatoms. The maximum absolute atomic E-state index is 13.0. The number of pyridine rings is 2.